The average molecular weight is 258 g/mol. The number of nitrogens with two attached hydrogens (primary N) is 1. The second kappa shape index (κ2) is 9.85. The molecule has 6 nitrogen and oxygen atoms in total. The Morgan fingerprint density at radius 2 is 1.94 bits per heavy atom. The summed E-state index contributed by atoms with van der Waals surface area (Å²) in [6.45, 7) is 1.22. The molecule has 0 aliphatic carbocycles. The van der Waals surface area contributed by atoms with Gasteiger partial charge in [0.2, 0.25) is 11.8 Å². The Kier molecular flexibility index (Phi) is 9.22. The highest BCUT2D eigenvalue weighted by molar-refractivity contribution is 5.87. The van der Waals surface area contributed by atoms with Crippen LogP contribution in [0.2, 0.25) is 0 Å². The van der Waals surface area contributed by atoms with Gasteiger partial charge in [-0.2, -0.15) is 0 Å². The summed E-state index contributed by atoms with van der Waals surface area (Å²) in [4.78, 5) is 25.0. The third kappa shape index (κ3) is 7.24. The predicted molar refractivity (Wildman–Crippen MR) is 72.1 cm³/mol. The highest BCUT2D eigenvalue weighted by Gasteiger charge is 2.21. The van der Waals surface area contributed by atoms with Gasteiger partial charge in [-0.05, 0) is 32.9 Å². The van der Waals surface area contributed by atoms with Crippen molar-refractivity contribution in [3.63, 3.8) is 0 Å². The van der Waals surface area contributed by atoms with Crippen molar-refractivity contribution in [1.82, 2.24) is 15.5 Å². The minimum absolute atomic E-state index is 0.0650. The first kappa shape index (κ1) is 16.9. The van der Waals surface area contributed by atoms with E-state index in [1.807, 2.05) is 0 Å². The van der Waals surface area contributed by atoms with Gasteiger partial charge in [-0.25, -0.2) is 0 Å². The summed E-state index contributed by atoms with van der Waals surface area (Å²) >= 11 is 0. The van der Waals surface area contributed by atoms with Gasteiger partial charge in [0, 0.05) is 27.1 Å². The Morgan fingerprint density at radius 1 is 1.28 bits per heavy atom. The Balaban J connectivity index is 4.27. The van der Waals surface area contributed by atoms with Crippen molar-refractivity contribution in [2.24, 2.45) is 5.73 Å². The topological polar surface area (TPSA) is 87.5 Å². The molecule has 0 saturated carbocycles. The van der Waals surface area contributed by atoms with Crippen LogP contribution in [0, 0.1) is 0 Å². The van der Waals surface area contributed by atoms with E-state index < -0.39 is 6.04 Å². The van der Waals surface area contributed by atoms with Crippen molar-refractivity contribution in [3.05, 3.63) is 0 Å². The highest BCUT2D eigenvalue weighted by Crippen LogP contribution is 2.03. The molecule has 0 radical (unpaired) electrons. The minimum Gasteiger partial charge on any atom is -0.347 e. The van der Waals surface area contributed by atoms with Crippen LogP contribution in [0.3, 0.4) is 0 Å². The van der Waals surface area contributed by atoms with Gasteiger partial charge in [0.1, 0.15) is 6.04 Å². The summed E-state index contributed by atoms with van der Waals surface area (Å²) in [5.74, 6) is -0.165. The van der Waals surface area contributed by atoms with E-state index in [4.69, 9.17) is 5.73 Å². The maximum Gasteiger partial charge on any atom is 0.244 e. The van der Waals surface area contributed by atoms with Crippen LogP contribution in [0.25, 0.3) is 0 Å². The Hall–Kier alpha value is -1.14. The van der Waals surface area contributed by atoms with E-state index in [0.717, 1.165) is 12.8 Å². The third-order valence-electron chi connectivity index (χ3n) is 2.62. The van der Waals surface area contributed by atoms with Crippen molar-refractivity contribution < 1.29 is 9.59 Å². The summed E-state index contributed by atoms with van der Waals surface area (Å²) in [5.41, 5.74) is 5.43. The number of amides is 2. The monoisotopic (exact) mass is 258 g/mol. The molecule has 0 aliphatic rings. The van der Waals surface area contributed by atoms with Crippen LogP contribution >= 0.6 is 0 Å². The van der Waals surface area contributed by atoms with Gasteiger partial charge in [-0.3, -0.25) is 9.59 Å². The van der Waals surface area contributed by atoms with Gasteiger partial charge >= 0.3 is 0 Å². The first-order chi connectivity index (χ1) is 8.52. The van der Waals surface area contributed by atoms with Crippen molar-refractivity contribution >= 4 is 11.8 Å². The number of rotatable bonds is 9. The number of carbonyl (C=O) groups is 2. The Labute approximate surface area is 109 Å². The fourth-order valence-electron chi connectivity index (χ4n) is 1.57. The molecule has 4 N–H and O–H groups in total. The largest absolute Gasteiger partial charge is 0.347 e. The van der Waals surface area contributed by atoms with Crippen molar-refractivity contribution in [1.29, 1.82) is 0 Å². The van der Waals surface area contributed by atoms with Crippen LogP contribution in [-0.4, -0.2) is 57.0 Å². The molecular formula is C12H26N4O2. The summed E-state index contributed by atoms with van der Waals surface area (Å²) in [5, 5.41) is 5.68. The molecule has 0 fully saturated rings. The summed E-state index contributed by atoms with van der Waals surface area (Å²) < 4.78 is 0. The molecule has 0 rings (SSSR count). The lowest BCUT2D eigenvalue weighted by atomic mass is 10.1. The Bertz CT molecular complexity index is 256. The van der Waals surface area contributed by atoms with Crippen LogP contribution in [0.4, 0.5) is 0 Å². The molecule has 18 heavy (non-hydrogen) atoms. The number of nitrogens with zero attached hydrogens (tertiary/aromatic N) is 1. The molecule has 0 aromatic heterocycles. The molecule has 0 aromatic rings. The average Bonchev–Trinajstić information content (AvgIpc) is 2.34. The lowest BCUT2D eigenvalue weighted by Gasteiger charge is -2.21. The van der Waals surface area contributed by atoms with Gasteiger partial charge in [-0.1, -0.05) is 0 Å². The molecular weight excluding hydrogens is 232 g/mol. The molecule has 0 saturated heterocycles. The zero-order valence-corrected chi connectivity index (χ0v) is 11.7. The molecule has 0 aliphatic heterocycles. The molecule has 6 heteroatoms. The van der Waals surface area contributed by atoms with Crippen molar-refractivity contribution in [2.75, 3.05) is 34.2 Å². The lowest BCUT2D eigenvalue weighted by molar-refractivity contribution is -0.134. The van der Waals surface area contributed by atoms with Gasteiger partial charge < -0.3 is 21.3 Å². The second-order valence-electron chi connectivity index (χ2n) is 4.49. The highest BCUT2D eigenvalue weighted by atomic mass is 16.2. The van der Waals surface area contributed by atoms with Gasteiger partial charge in [0.25, 0.3) is 0 Å². The first-order valence-corrected chi connectivity index (χ1v) is 6.38. The van der Waals surface area contributed by atoms with E-state index in [1.54, 1.807) is 21.1 Å². The zero-order valence-electron chi connectivity index (χ0n) is 11.7. The maximum absolute atomic E-state index is 11.9. The molecule has 1 atom stereocenters. The van der Waals surface area contributed by atoms with Crippen LogP contribution in [0.15, 0.2) is 0 Å². The number of hydrogen-bond acceptors (Lipinski definition) is 4. The smallest absolute Gasteiger partial charge is 0.244 e. The van der Waals surface area contributed by atoms with Crippen LogP contribution in [0.5, 0.6) is 0 Å². The van der Waals surface area contributed by atoms with Crippen LogP contribution in [0.1, 0.15) is 25.7 Å². The number of hydrogen-bond donors (Lipinski definition) is 3. The van der Waals surface area contributed by atoms with Gasteiger partial charge in [-0.15, -0.1) is 0 Å². The standard InChI is InChI=1S/C12H26N4O2/c1-14-9-7-11(17)15-10(6-4-5-8-13)12(18)16(2)3/h10,14H,4-9,13H2,1-3H3,(H,15,17)/t10-/m0/s1. The number of nitrogens with one attached hydrogen (secondary N) is 2. The minimum atomic E-state index is -0.434. The second-order valence-corrected chi connectivity index (χ2v) is 4.49. The molecule has 2 amide bonds. The maximum atomic E-state index is 11.9. The molecule has 0 aromatic carbocycles. The first-order valence-electron chi connectivity index (χ1n) is 6.38. The number of likely N-dealkylation sites (N-methyl/N-ethyl adjacent to an activating group) is 1. The molecule has 0 spiro atoms. The van der Waals surface area contributed by atoms with Crippen molar-refractivity contribution in [2.45, 2.75) is 31.7 Å². The third-order valence-corrected chi connectivity index (χ3v) is 2.62. The summed E-state index contributed by atoms with van der Waals surface area (Å²) in [6.07, 6.45) is 2.72. The fraction of sp³-hybridized carbons (Fsp3) is 0.833. The summed E-state index contributed by atoms with van der Waals surface area (Å²) in [7, 11) is 5.17. The lowest BCUT2D eigenvalue weighted by Crippen LogP contribution is -2.46. The molecule has 0 heterocycles. The predicted octanol–water partition coefficient (Wildman–Crippen LogP) is -0.702. The van der Waals surface area contributed by atoms with Crippen molar-refractivity contribution in [3.8, 4) is 0 Å². The SMILES string of the molecule is CNCCC(=O)N[C@@H](CCCCN)C(=O)N(C)C. The van der Waals surface area contributed by atoms with E-state index in [0.29, 0.717) is 25.9 Å². The molecule has 0 unspecified atom stereocenters. The van der Waals surface area contributed by atoms with E-state index in [-0.39, 0.29) is 11.8 Å². The number of carbonyl (C=O) groups excluding carboxylic acids is 2. The van der Waals surface area contributed by atoms with E-state index in [9.17, 15) is 9.59 Å². The van der Waals surface area contributed by atoms with E-state index in [2.05, 4.69) is 10.6 Å². The fourth-order valence-corrected chi connectivity index (χ4v) is 1.57. The van der Waals surface area contributed by atoms with E-state index >= 15 is 0 Å². The van der Waals surface area contributed by atoms with Crippen LogP contribution < -0.4 is 16.4 Å². The van der Waals surface area contributed by atoms with Gasteiger partial charge in [0.15, 0.2) is 0 Å². The summed E-state index contributed by atoms with van der Waals surface area (Å²) in [6, 6.07) is -0.434. The van der Waals surface area contributed by atoms with E-state index in [1.165, 1.54) is 4.90 Å². The van der Waals surface area contributed by atoms with Crippen LogP contribution in [-0.2, 0) is 9.59 Å². The zero-order chi connectivity index (χ0) is 14.0. The molecule has 0 bridgehead atoms. The number of unbranched alkanes of at least 4 members (excludes halogenated alkanes) is 1. The van der Waals surface area contributed by atoms with Gasteiger partial charge in [0.05, 0.1) is 0 Å². The Morgan fingerprint density at radius 3 is 2.44 bits per heavy atom. The normalized spacial score (nSPS) is 12.0. The quantitative estimate of drug-likeness (QED) is 0.477. The molecule has 106 valence electrons.